The second-order valence-electron chi connectivity index (χ2n) is 7.40. The van der Waals surface area contributed by atoms with Gasteiger partial charge >= 0.3 is 6.36 Å². The molecule has 1 saturated carbocycles. The van der Waals surface area contributed by atoms with E-state index in [1.807, 2.05) is 0 Å². The van der Waals surface area contributed by atoms with Gasteiger partial charge in [-0.3, -0.25) is 0 Å². The quantitative estimate of drug-likeness (QED) is 0.435. The topological polar surface area (TPSA) is 18.5 Å². The number of aryl methyl sites for hydroxylation is 1. The molecule has 0 atom stereocenters. The van der Waals surface area contributed by atoms with E-state index in [9.17, 15) is 13.2 Å². The molecule has 148 valence electrons. The van der Waals surface area contributed by atoms with Crippen LogP contribution in [0.25, 0.3) is 0 Å². The van der Waals surface area contributed by atoms with E-state index in [2.05, 4.69) is 11.7 Å². The molecule has 0 radical (unpaired) electrons. The SMILES string of the molecule is CCCCCOCC1CCC(CCc2ccc(OC(F)(F)F)cc2)CC1. The first kappa shape index (κ1) is 21.1. The predicted octanol–water partition coefficient (Wildman–Crippen LogP) is 6.53. The summed E-state index contributed by atoms with van der Waals surface area (Å²) >= 11 is 0. The Morgan fingerprint density at radius 2 is 1.62 bits per heavy atom. The van der Waals surface area contributed by atoms with E-state index in [1.54, 1.807) is 12.1 Å². The van der Waals surface area contributed by atoms with Crippen LogP contribution in [0, 0.1) is 11.8 Å². The minimum absolute atomic E-state index is 0.152. The lowest BCUT2D eigenvalue weighted by Gasteiger charge is -2.28. The minimum atomic E-state index is -4.63. The third-order valence-corrected chi connectivity index (χ3v) is 5.21. The first-order valence-electron chi connectivity index (χ1n) is 9.88. The Morgan fingerprint density at radius 1 is 0.962 bits per heavy atom. The molecule has 5 heteroatoms. The van der Waals surface area contributed by atoms with Crippen LogP contribution in [0.15, 0.2) is 24.3 Å². The van der Waals surface area contributed by atoms with Gasteiger partial charge in [-0.2, -0.15) is 0 Å². The van der Waals surface area contributed by atoms with Crippen LogP contribution in [-0.4, -0.2) is 19.6 Å². The molecular weight excluding hydrogens is 341 g/mol. The van der Waals surface area contributed by atoms with Gasteiger partial charge in [0.1, 0.15) is 5.75 Å². The van der Waals surface area contributed by atoms with Crippen LogP contribution in [0.4, 0.5) is 13.2 Å². The predicted molar refractivity (Wildman–Crippen MR) is 97.2 cm³/mol. The van der Waals surface area contributed by atoms with E-state index in [1.165, 1.54) is 57.1 Å². The summed E-state index contributed by atoms with van der Waals surface area (Å²) in [5.74, 6) is 1.27. The first-order chi connectivity index (χ1) is 12.5. The van der Waals surface area contributed by atoms with Crippen LogP contribution in [0.5, 0.6) is 5.75 Å². The lowest BCUT2D eigenvalue weighted by Crippen LogP contribution is -2.19. The molecule has 0 amide bonds. The zero-order valence-corrected chi connectivity index (χ0v) is 15.7. The lowest BCUT2D eigenvalue weighted by molar-refractivity contribution is -0.274. The van der Waals surface area contributed by atoms with Crippen molar-refractivity contribution < 1.29 is 22.6 Å². The highest BCUT2D eigenvalue weighted by Crippen LogP contribution is 2.32. The molecule has 0 aliphatic heterocycles. The summed E-state index contributed by atoms with van der Waals surface area (Å²) < 4.78 is 46.2. The standard InChI is InChI=1S/C21H31F3O2/c1-2-3-4-15-25-16-19-9-7-17(8-10-19)5-6-18-11-13-20(14-12-18)26-21(22,23)24/h11-14,17,19H,2-10,15-16H2,1H3. The maximum absolute atomic E-state index is 12.2. The van der Waals surface area contributed by atoms with Crippen LogP contribution in [-0.2, 0) is 11.2 Å². The van der Waals surface area contributed by atoms with Crippen LogP contribution < -0.4 is 4.74 Å². The van der Waals surface area contributed by atoms with Gasteiger partial charge in [0, 0.05) is 13.2 Å². The molecular formula is C21H31F3O2. The van der Waals surface area contributed by atoms with E-state index in [4.69, 9.17) is 4.74 Å². The first-order valence-corrected chi connectivity index (χ1v) is 9.88. The van der Waals surface area contributed by atoms with Crippen LogP contribution in [0.2, 0.25) is 0 Å². The van der Waals surface area contributed by atoms with Gasteiger partial charge in [-0.25, -0.2) is 0 Å². The molecule has 2 nitrogen and oxygen atoms in total. The third kappa shape index (κ3) is 8.43. The van der Waals surface area contributed by atoms with E-state index in [0.717, 1.165) is 37.5 Å². The normalized spacial score (nSPS) is 20.9. The summed E-state index contributed by atoms with van der Waals surface area (Å²) in [6, 6.07) is 6.26. The highest BCUT2D eigenvalue weighted by Gasteiger charge is 2.31. The van der Waals surface area contributed by atoms with Gasteiger partial charge in [0.25, 0.3) is 0 Å². The van der Waals surface area contributed by atoms with Crippen molar-refractivity contribution in [3.05, 3.63) is 29.8 Å². The second-order valence-corrected chi connectivity index (χ2v) is 7.40. The highest BCUT2D eigenvalue weighted by molar-refractivity contribution is 5.27. The van der Waals surface area contributed by atoms with Gasteiger partial charge in [-0.15, -0.1) is 13.2 Å². The van der Waals surface area contributed by atoms with Crippen LogP contribution in [0.1, 0.15) is 63.9 Å². The average molecular weight is 372 g/mol. The number of unbranched alkanes of at least 4 members (excludes halogenated alkanes) is 2. The molecule has 2 rings (SSSR count). The molecule has 0 spiro atoms. The summed E-state index contributed by atoms with van der Waals surface area (Å²) in [5.41, 5.74) is 1.07. The van der Waals surface area contributed by atoms with Crippen LogP contribution >= 0.6 is 0 Å². The maximum Gasteiger partial charge on any atom is 0.573 e. The second kappa shape index (κ2) is 10.8. The molecule has 1 aromatic rings. The monoisotopic (exact) mass is 372 g/mol. The summed E-state index contributed by atoms with van der Waals surface area (Å²) in [7, 11) is 0. The molecule has 0 unspecified atom stereocenters. The number of alkyl halides is 3. The van der Waals surface area contributed by atoms with Crippen molar-refractivity contribution in [2.24, 2.45) is 11.8 Å². The summed E-state index contributed by atoms with van der Waals surface area (Å²) in [4.78, 5) is 0. The Bertz CT molecular complexity index is 491. The molecule has 0 bridgehead atoms. The Hall–Kier alpha value is -1.23. The van der Waals surface area contributed by atoms with Gasteiger partial charge < -0.3 is 9.47 Å². The van der Waals surface area contributed by atoms with Crippen molar-refractivity contribution in [2.75, 3.05) is 13.2 Å². The molecule has 1 aliphatic rings. The van der Waals surface area contributed by atoms with Gasteiger partial charge in [0.05, 0.1) is 0 Å². The molecule has 0 heterocycles. The van der Waals surface area contributed by atoms with Crippen molar-refractivity contribution in [1.29, 1.82) is 0 Å². The number of halogens is 3. The van der Waals surface area contributed by atoms with Gasteiger partial charge in [0.15, 0.2) is 0 Å². The zero-order valence-electron chi connectivity index (χ0n) is 15.7. The molecule has 0 aromatic heterocycles. The van der Waals surface area contributed by atoms with Crippen LogP contribution in [0.3, 0.4) is 0 Å². The number of ether oxygens (including phenoxy) is 2. The highest BCUT2D eigenvalue weighted by atomic mass is 19.4. The Labute approximate surface area is 155 Å². The average Bonchev–Trinajstić information content (AvgIpc) is 2.61. The zero-order chi connectivity index (χ0) is 18.8. The van der Waals surface area contributed by atoms with Crippen molar-refractivity contribution in [3.63, 3.8) is 0 Å². The van der Waals surface area contributed by atoms with E-state index in [-0.39, 0.29) is 5.75 Å². The molecule has 0 saturated heterocycles. The fourth-order valence-electron chi connectivity index (χ4n) is 3.62. The summed E-state index contributed by atoms with van der Waals surface area (Å²) in [6.07, 6.45) is 5.96. The fourth-order valence-corrected chi connectivity index (χ4v) is 3.62. The molecule has 1 aromatic carbocycles. The molecule has 26 heavy (non-hydrogen) atoms. The lowest BCUT2D eigenvalue weighted by atomic mass is 9.80. The molecule has 1 aliphatic carbocycles. The largest absolute Gasteiger partial charge is 0.573 e. The Kier molecular flexibility index (Phi) is 8.76. The maximum atomic E-state index is 12.2. The van der Waals surface area contributed by atoms with Gasteiger partial charge in [-0.05, 0) is 61.6 Å². The minimum Gasteiger partial charge on any atom is -0.406 e. The molecule has 0 N–H and O–H groups in total. The number of benzene rings is 1. The van der Waals surface area contributed by atoms with Crippen molar-refractivity contribution in [2.45, 2.75) is 71.1 Å². The van der Waals surface area contributed by atoms with E-state index < -0.39 is 6.36 Å². The Balaban J connectivity index is 1.61. The third-order valence-electron chi connectivity index (χ3n) is 5.21. The number of hydrogen-bond acceptors (Lipinski definition) is 2. The summed E-state index contributed by atoms with van der Waals surface area (Å²) in [6.45, 7) is 3.99. The van der Waals surface area contributed by atoms with Gasteiger partial charge in [-0.1, -0.05) is 44.7 Å². The number of hydrogen-bond donors (Lipinski definition) is 0. The molecule has 1 fully saturated rings. The van der Waals surface area contributed by atoms with Crippen molar-refractivity contribution in [3.8, 4) is 5.75 Å². The summed E-state index contributed by atoms with van der Waals surface area (Å²) in [5, 5.41) is 0. The smallest absolute Gasteiger partial charge is 0.406 e. The fraction of sp³-hybridized carbons (Fsp3) is 0.714. The van der Waals surface area contributed by atoms with Crippen molar-refractivity contribution in [1.82, 2.24) is 0 Å². The van der Waals surface area contributed by atoms with Crippen molar-refractivity contribution >= 4 is 0 Å². The Morgan fingerprint density at radius 3 is 2.23 bits per heavy atom. The van der Waals surface area contributed by atoms with Gasteiger partial charge in [0.2, 0.25) is 0 Å². The number of rotatable bonds is 10. The van der Waals surface area contributed by atoms with E-state index in [0.29, 0.717) is 5.92 Å². The van der Waals surface area contributed by atoms with E-state index >= 15 is 0 Å².